The van der Waals surface area contributed by atoms with Crippen molar-refractivity contribution in [3.8, 4) is 0 Å². The summed E-state index contributed by atoms with van der Waals surface area (Å²) in [6.45, 7) is 12.5. The molecule has 1 aliphatic rings. The molecule has 0 heterocycles. The summed E-state index contributed by atoms with van der Waals surface area (Å²) in [6.07, 6.45) is 6.63. The van der Waals surface area contributed by atoms with Crippen molar-refractivity contribution in [2.45, 2.75) is 65.3 Å². The predicted octanol–water partition coefficient (Wildman–Crippen LogP) is 3.26. The fraction of sp³-hybridized carbons (Fsp3) is 1.00. The summed E-state index contributed by atoms with van der Waals surface area (Å²) in [5, 5.41) is 0. The van der Waals surface area contributed by atoms with E-state index >= 15 is 0 Å². The van der Waals surface area contributed by atoms with Gasteiger partial charge in [-0.1, -0.05) is 40.5 Å². The van der Waals surface area contributed by atoms with Crippen LogP contribution in [0.3, 0.4) is 0 Å². The van der Waals surface area contributed by atoms with Crippen molar-refractivity contribution in [3.05, 3.63) is 0 Å². The third kappa shape index (κ3) is 3.45. The Morgan fingerprint density at radius 3 is 2.53 bits per heavy atom. The van der Waals surface area contributed by atoms with Gasteiger partial charge in [0.2, 0.25) is 0 Å². The van der Waals surface area contributed by atoms with Gasteiger partial charge in [-0.05, 0) is 44.2 Å². The maximum absolute atomic E-state index is 6.17. The quantitative estimate of drug-likeness (QED) is 0.772. The van der Waals surface area contributed by atoms with Gasteiger partial charge in [0.15, 0.2) is 0 Å². The van der Waals surface area contributed by atoms with E-state index in [0.29, 0.717) is 5.54 Å². The third-order valence-electron chi connectivity index (χ3n) is 4.73. The van der Waals surface area contributed by atoms with Crippen LogP contribution in [-0.2, 0) is 0 Å². The molecule has 0 aromatic rings. The Bertz CT molecular complexity index is 215. The van der Waals surface area contributed by atoms with Crippen LogP contribution in [0.5, 0.6) is 0 Å². The Morgan fingerprint density at radius 1 is 1.35 bits per heavy atom. The molecule has 0 bridgehead atoms. The SMILES string of the molecule is CCCN(CC)C1(CN)CCCC(C(C)C)C1. The molecule has 2 N–H and O–H groups in total. The van der Waals surface area contributed by atoms with Crippen molar-refractivity contribution in [1.82, 2.24) is 4.90 Å². The van der Waals surface area contributed by atoms with Crippen molar-refractivity contribution in [1.29, 1.82) is 0 Å². The van der Waals surface area contributed by atoms with E-state index in [2.05, 4.69) is 32.6 Å². The lowest BCUT2D eigenvalue weighted by molar-refractivity contribution is 0.0291. The second-order valence-electron chi connectivity index (χ2n) is 6.11. The first-order valence-electron chi connectivity index (χ1n) is 7.54. The minimum atomic E-state index is 0.304. The highest BCUT2D eigenvalue weighted by atomic mass is 15.2. The number of rotatable bonds is 6. The van der Waals surface area contributed by atoms with Crippen LogP contribution in [0.15, 0.2) is 0 Å². The summed E-state index contributed by atoms with van der Waals surface area (Å²) in [5.41, 5.74) is 6.47. The fourth-order valence-corrected chi connectivity index (χ4v) is 3.56. The molecule has 17 heavy (non-hydrogen) atoms. The predicted molar refractivity (Wildman–Crippen MR) is 76.1 cm³/mol. The van der Waals surface area contributed by atoms with Gasteiger partial charge in [-0.2, -0.15) is 0 Å². The van der Waals surface area contributed by atoms with Crippen molar-refractivity contribution < 1.29 is 0 Å². The van der Waals surface area contributed by atoms with Crippen LogP contribution in [0.1, 0.15) is 59.8 Å². The molecule has 1 saturated carbocycles. The molecule has 0 spiro atoms. The molecule has 0 saturated heterocycles. The van der Waals surface area contributed by atoms with Gasteiger partial charge in [0.1, 0.15) is 0 Å². The summed E-state index contributed by atoms with van der Waals surface area (Å²) < 4.78 is 0. The molecule has 1 rings (SSSR count). The van der Waals surface area contributed by atoms with Crippen molar-refractivity contribution in [2.75, 3.05) is 19.6 Å². The zero-order chi connectivity index (χ0) is 12.9. The average Bonchev–Trinajstić information content (AvgIpc) is 2.35. The molecular formula is C15H32N2. The first kappa shape index (κ1) is 15.0. The smallest absolute Gasteiger partial charge is 0.0334 e. The van der Waals surface area contributed by atoms with E-state index in [1.54, 1.807) is 0 Å². The molecule has 102 valence electrons. The second-order valence-corrected chi connectivity index (χ2v) is 6.11. The van der Waals surface area contributed by atoms with E-state index in [0.717, 1.165) is 24.9 Å². The highest BCUT2D eigenvalue weighted by Gasteiger charge is 2.39. The lowest BCUT2D eigenvalue weighted by Gasteiger charge is -2.49. The zero-order valence-corrected chi connectivity index (χ0v) is 12.3. The first-order chi connectivity index (χ1) is 8.09. The van der Waals surface area contributed by atoms with Crippen LogP contribution in [0.25, 0.3) is 0 Å². The van der Waals surface area contributed by atoms with Gasteiger partial charge in [-0.25, -0.2) is 0 Å². The minimum Gasteiger partial charge on any atom is -0.329 e. The largest absolute Gasteiger partial charge is 0.329 e. The average molecular weight is 240 g/mol. The highest BCUT2D eigenvalue weighted by Crippen LogP contribution is 2.39. The maximum Gasteiger partial charge on any atom is 0.0334 e. The van der Waals surface area contributed by atoms with E-state index in [-0.39, 0.29) is 0 Å². The molecule has 0 radical (unpaired) electrons. The lowest BCUT2D eigenvalue weighted by atomic mass is 9.71. The fourth-order valence-electron chi connectivity index (χ4n) is 3.56. The van der Waals surface area contributed by atoms with Gasteiger partial charge < -0.3 is 5.73 Å². The Morgan fingerprint density at radius 2 is 2.06 bits per heavy atom. The van der Waals surface area contributed by atoms with Crippen LogP contribution in [0.4, 0.5) is 0 Å². The Kier molecular flexibility index (Phi) is 5.94. The van der Waals surface area contributed by atoms with Gasteiger partial charge in [-0.15, -0.1) is 0 Å². The van der Waals surface area contributed by atoms with E-state index in [9.17, 15) is 0 Å². The van der Waals surface area contributed by atoms with Crippen LogP contribution in [0, 0.1) is 11.8 Å². The standard InChI is InChI=1S/C15H32N2/c1-5-10-17(6-2)15(12-16)9-7-8-14(11-15)13(3)4/h13-14H,5-12,16H2,1-4H3. The molecule has 2 atom stereocenters. The second kappa shape index (κ2) is 6.75. The lowest BCUT2D eigenvalue weighted by Crippen LogP contribution is -2.56. The molecule has 0 amide bonds. The Labute approximate surface area is 108 Å². The summed E-state index contributed by atoms with van der Waals surface area (Å²) in [7, 11) is 0. The maximum atomic E-state index is 6.17. The van der Waals surface area contributed by atoms with Crippen molar-refractivity contribution >= 4 is 0 Å². The highest BCUT2D eigenvalue weighted by molar-refractivity contribution is 4.96. The number of hydrogen-bond acceptors (Lipinski definition) is 2. The molecule has 0 aromatic heterocycles. The van der Waals surface area contributed by atoms with Crippen LogP contribution < -0.4 is 5.73 Å². The summed E-state index contributed by atoms with van der Waals surface area (Å²) in [4.78, 5) is 2.65. The van der Waals surface area contributed by atoms with E-state index in [1.165, 1.54) is 38.6 Å². The number of nitrogens with zero attached hydrogens (tertiary/aromatic N) is 1. The van der Waals surface area contributed by atoms with Gasteiger partial charge in [0.05, 0.1) is 0 Å². The summed E-state index contributed by atoms with van der Waals surface area (Å²) in [5.74, 6) is 1.68. The molecule has 0 aliphatic heterocycles. The van der Waals surface area contributed by atoms with Gasteiger partial charge in [0, 0.05) is 12.1 Å². The molecule has 2 heteroatoms. The summed E-state index contributed by atoms with van der Waals surface area (Å²) >= 11 is 0. The van der Waals surface area contributed by atoms with E-state index < -0.39 is 0 Å². The Balaban J connectivity index is 2.78. The van der Waals surface area contributed by atoms with Gasteiger partial charge >= 0.3 is 0 Å². The number of hydrogen-bond donors (Lipinski definition) is 1. The van der Waals surface area contributed by atoms with E-state index in [1.807, 2.05) is 0 Å². The molecule has 1 fully saturated rings. The molecule has 2 nitrogen and oxygen atoms in total. The number of nitrogens with two attached hydrogens (primary N) is 1. The van der Waals surface area contributed by atoms with Gasteiger partial charge in [-0.3, -0.25) is 4.90 Å². The molecular weight excluding hydrogens is 208 g/mol. The van der Waals surface area contributed by atoms with Crippen LogP contribution in [-0.4, -0.2) is 30.1 Å². The summed E-state index contributed by atoms with van der Waals surface area (Å²) in [6, 6.07) is 0. The molecule has 2 unspecified atom stereocenters. The zero-order valence-electron chi connectivity index (χ0n) is 12.3. The van der Waals surface area contributed by atoms with Gasteiger partial charge in [0.25, 0.3) is 0 Å². The monoisotopic (exact) mass is 240 g/mol. The minimum absolute atomic E-state index is 0.304. The van der Waals surface area contributed by atoms with Crippen LogP contribution >= 0.6 is 0 Å². The van der Waals surface area contributed by atoms with Crippen molar-refractivity contribution in [2.24, 2.45) is 17.6 Å². The topological polar surface area (TPSA) is 29.3 Å². The number of likely N-dealkylation sites (N-methyl/N-ethyl adjacent to an activating group) is 1. The Hall–Kier alpha value is -0.0800. The van der Waals surface area contributed by atoms with Crippen molar-refractivity contribution in [3.63, 3.8) is 0 Å². The van der Waals surface area contributed by atoms with E-state index in [4.69, 9.17) is 5.73 Å². The molecule has 0 aromatic carbocycles. The normalized spacial score (nSPS) is 30.2. The molecule has 1 aliphatic carbocycles. The first-order valence-corrected chi connectivity index (χ1v) is 7.54. The van der Waals surface area contributed by atoms with Crippen LogP contribution in [0.2, 0.25) is 0 Å². The third-order valence-corrected chi connectivity index (χ3v) is 4.73.